The van der Waals surface area contributed by atoms with Crippen LogP contribution in [0.5, 0.6) is 0 Å². The number of imidazole rings is 1. The van der Waals surface area contributed by atoms with Crippen LogP contribution in [-0.2, 0) is 18.4 Å². The molecule has 0 aliphatic carbocycles. The van der Waals surface area contributed by atoms with E-state index in [2.05, 4.69) is 9.97 Å². The Kier molecular flexibility index (Phi) is 5.78. The molecule has 2 aromatic heterocycles. The number of hydrogen-bond acceptors (Lipinski definition) is 6. The summed E-state index contributed by atoms with van der Waals surface area (Å²) in [5, 5.41) is 0.975. The monoisotopic (exact) mass is 465 g/mol. The third-order valence-electron chi connectivity index (χ3n) is 5.37. The van der Waals surface area contributed by atoms with Crippen LogP contribution in [0, 0.1) is 0 Å². The summed E-state index contributed by atoms with van der Waals surface area (Å²) >= 11 is 12.4. The molecule has 3 N–H and O–H groups in total. The molecule has 1 aliphatic rings. The van der Waals surface area contributed by atoms with Crippen LogP contribution in [0.1, 0.15) is 5.56 Å². The lowest BCUT2D eigenvalue weighted by Crippen LogP contribution is -2.49. The number of fused-ring (bicyclic) bond motifs is 1. The summed E-state index contributed by atoms with van der Waals surface area (Å²) in [6.45, 7) is 2.85. The summed E-state index contributed by atoms with van der Waals surface area (Å²) in [6.07, 6.45) is 0. The number of nitrogens with zero attached hydrogens (tertiary/aromatic N) is 5. The van der Waals surface area contributed by atoms with E-state index in [0.29, 0.717) is 42.2 Å². The Bertz CT molecular complexity index is 1270. The van der Waals surface area contributed by atoms with Gasteiger partial charge >= 0.3 is 5.69 Å². The molecule has 3 heterocycles. The van der Waals surface area contributed by atoms with Crippen molar-refractivity contribution in [2.24, 2.45) is 12.8 Å². The molecular weight excluding hydrogens is 445 g/mol. The van der Waals surface area contributed by atoms with Gasteiger partial charge in [0.05, 0.1) is 13.1 Å². The Morgan fingerprint density at radius 3 is 2.55 bits per heavy atom. The lowest BCUT2D eigenvalue weighted by atomic mass is 10.2. The molecular formula is C19H21Cl2N7O3. The van der Waals surface area contributed by atoms with Crippen molar-refractivity contribution in [2.45, 2.75) is 6.54 Å². The number of primary amides is 1. The number of nitrogens with one attached hydrogen (secondary N) is 1. The van der Waals surface area contributed by atoms with Crippen molar-refractivity contribution in [2.75, 3.05) is 37.6 Å². The predicted octanol–water partition coefficient (Wildman–Crippen LogP) is 0.386. The number of rotatable bonds is 5. The maximum absolute atomic E-state index is 12.7. The maximum Gasteiger partial charge on any atom is 0.329 e. The smallest absolute Gasteiger partial charge is 0.329 e. The molecule has 31 heavy (non-hydrogen) atoms. The van der Waals surface area contributed by atoms with Crippen molar-refractivity contribution in [3.05, 3.63) is 54.6 Å². The highest BCUT2D eigenvalue weighted by Crippen LogP contribution is 2.26. The van der Waals surface area contributed by atoms with Crippen molar-refractivity contribution in [1.29, 1.82) is 0 Å². The van der Waals surface area contributed by atoms with Gasteiger partial charge in [-0.05, 0) is 17.7 Å². The van der Waals surface area contributed by atoms with E-state index in [1.165, 1.54) is 4.57 Å². The zero-order chi connectivity index (χ0) is 22.3. The van der Waals surface area contributed by atoms with E-state index < -0.39 is 11.2 Å². The Balaban J connectivity index is 1.79. The summed E-state index contributed by atoms with van der Waals surface area (Å²) < 4.78 is 3.07. The number of anilines is 1. The van der Waals surface area contributed by atoms with Crippen molar-refractivity contribution < 1.29 is 4.79 Å². The van der Waals surface area contributed by atoms with Gasteiger partial charge in [-0.3, -0.25) is 28.6 Å². The van der Waals surface area contributed by atoms with Crippen molar-refractivity contribution in [3.8, 4) is 0 Å². The van der Waals surface area contributed by atoms with Gasteiger partial charge in [-0.1, -0.05) is 29.3 Å². The van der Waals surface area contributed by atoms with Gasteiger partial charge in [0, 0.05) is 43.3 Å². The van der Waals surface area contributed by atoms with Crippen LogP contribution in [0.25, 0.3) is 11.2 Å². The van der Waals surface area contributed by atoms with E-state index in [0.717, 1.165) is 5.56 Å². The molecule has 1 saturated heterocycles. The maximum atomic E-state index is 12.7. The lowest BCUT2D eigenvalue weighted by molar-refractivity contribution is -0.119. The molecule has 1 fully saturated rings. The van der Waals surface area contributed by atoms with Crippen molar-refractivity contribution in [3.63, 3.8) is 0 Å². The normalized spacial score (nSPS) is 15.0. The molecule has 0 atom stereocenters. The Labute approximate surface area is 186 Å². The Hall–Kier alpha value is -2.82. The second-order valence-electron chi connectivity index (χ2n) is 7.45. The predicted molar refractivity (Wildman–Crippen MR) is 119 cm³/mol. The number of aryl methyl sites for hydroxylation is 1. The van der Waals surface area contributed by atoms with Gasteiger partial charge in [0.2, 0.25) is 11.9 Å². The molecule has 1 aliphatic heterocycles. The number of benzene rings is 1. The molecule has 0 spiro atoms. The fourth-order valence-corrected chi connectivity index (χ4v) is 4.23. The van der Waals surface area contributed by atoms with Gasteiger partial charge in [-0.2, -0.15) is 4.98 Å². The van der Waals surface area contributed by atoms with Gasteiger partial charge in [-0.15, -0.1) is 0 Å². The van der Waals surface area contributed by atoms with Crippen LogP contribution in [0.15, 0.2) is 27.8 Å². The van der Waals surface area contributed by atoms with Gasteiger partial charge in [0.25, 0.3) is 5.56 Å². The average molecular weight is 466 g/mol. The Morgan fingerprint density at radius 1 is 1.19 bits per heavy atom. The molecule has 1 aromatic carbocycles. The molecule has 0 saturated carbocycles. The quantitative estimate of drug-likeness (QED) is 0.561. The second kappa shape index (κ2) is 8.37. The highest BCUT2D eigenvalue weighted by molar-refractivity contribution is 6.35. The number of nitrogens with two attached hydrogens (primary N) is 1. The fourth-order valence-electron chi connectivity index (χ4n) is 3.76. The van der Waals surface area contributed by atoms with Crippen LogP contribution < -0.4 is 21.9 Å². The third kappa shape index (κ3) is 4.18. The molecule has 164 valence electrons. The number of hydrogen-bond donors (Lipinski definition) is 2. The summed E-state index contributed by atoms with van der Waals surface area (Å²) in [5.74, 6) is 0.172. The number of carbonyl (C=O) groups excluding carboxylic acids is 1. The first-order valence-electron chi connectivity index (χ1n) is 9.63. The minimum atomic E-state index is -0.537. The first-order valence-corrected chi connectivity index (χ1v) is 10.4. The highest BCUT2D eigenvalue weighted by Gasteiger charge is 2.25. The summed E-state index contributed by atoms with van der Waals surface area (Å²) in [7, 11) is 1.56. The van der Waals surface area contributed by atoms with Gasteiger partial charge in [0.1, 0.15) is 0 Å². The lowest BCUT2D eigenvalue weighted by Gasteiger charge is -2.34. The van der Waals surface area contributed by atoms with Crippen LogP contribution in [0.4, 0.5) is 5.95 Å². The topological polar surface area (TPSA) is 122 Å². The minimum absolute atomic E-state index is 0.193. The van der Waals surface area contributed by atoms with Gasteiger partial charge in [0.15, 0.2) is 11.2 Å². The molecule has 0 bridgehead atoms. The molecule has 0 unspecified atom stereocenters. The van der Waals surface area contributed by atoms with Crippen LogP contribution in [-0.4, -0.2) is 62.6 Å². The third-order valence-corrected chi connectivity index (χ3v) is 5.95. The van der Waals surface area contributed by atoms with E-state index in [-0.39, 0.29) is 30.2 Å². The second-order valence-corrected chi connectivity index (χ2v) is 8.30. The number of halogens is 2. The minimum Gasteiger partial charge on any atom is -0.369 e. The average Bonchev–Trinajstić information content (AvgIpc) is 3.08. The fraction of sp³-hybridized carbons (Fsp3) is 0.368. The largest absolute Gasteiger partial charge is 0.369 e. The number of piperazine rings is 1. The molecule has 1 amide bonds. The SMILES string of the molecule is Cn1c(=O)[nH]c(=O)c2c1nc(N1CCN(CC(N)=O)CC1)n2Cc1ccc(Cl)cc1Cl. The summed E-state index contributed by atoms with van der Waals surface area (Å²) in [5.41, 5.74) is 5.57. The van der Waals surface area contributed by atoms with Crippen molar-refractivity contribution >= 4 is 46.2 Å². The van der Waals surface area contributed by atoms with E-state index in [9.17, 15) is 14.4 Å². The van der Waals surface area contributed by atoms with Crippen LogP contribution >= 0.6 is 23.2 Å². The number of amides is 1. The zero-order valence-corrected chi connectivity index (χ0v) is 18.3. The van der Waals surface area contributed by atoms with Crippen LogP contribution in [0.2, 0.25) is 10.0 Å². The summed E-state index contributed by atoms with van der Waals surface area (Å²) in [4.78, 5) is 47.0. The highest BCUT2D eigenvalue weighted by atomic mass is 35.5. The molecule has 0 radical (unpaired) electrons. The Morgan fingerprint density at radius 2 is 1.90 bits per heavy atom. The number of H-pyrrole nitrogens is 1. The number of aromatic amines is 1. The standard InChI is InChI=1S/C19H21Cl2N7O3/c1-25-16-15(17(30)24-19(25)31)28(9-11-2-3-12(20)8-13(11)21)18(23-16)27-6-4-26(5-7-27)10-14(22)29/h2-3,8H,4-7,9-10H2,1H3,(H2,22,29)(H,24,30,31). The van der Waals surface area contributed by atoms with E-state index in [1.807, 2.05) is 9.80 Å². The summed E-state index contributed by atoms with van der Waals surface area (Å²) in [6, 6.07) is 5.16. The molecule has 12 heteroatoms. The molecule has 4 rings (SSSR count). The van der Waals surface area contributed by atoms with E-state index >= 15 is 0 Å². The van der Waals surface area contributed by atoms with E-state index in [1.54, 1.807) is 29.8 Å². The molecule has 10 nitrogen and oxygen atoms in total. The van der Waals surface area contributed by atoms with E-state index in [4.69, 9.17) is 28.9 Å². The first-order chi connectivity index (χ1) is 14.7. The van der Waals surface area contributed by atoms with Crippen LogP contribution in [0.3, 0.4) is 0 Å². The first kappa shape index (κ1) is 21.4. The molecule has 3 aromatic rings. The number of aromatic nitrogens is 4. The number of carbonyl (C=O) groups is 1. The van der Waals surface area contributed by atoms with Crippen molar-refractivity contribution in [1.82, 2.24) is 24.0 Å². The van der Waals surface area contributed by atoms with Gasteiger partial charge in [-0.25, -0.2) is 4.79 Å². The van der Waals surface area contributed by atoms with Gasteiger partial charge < -0.3 is 10.6 Å². The zero-order valence-electron chi connectivity index (χ0n) is 16.8.